The predicted molar refractivity (Wildman–Crippen MR) is 89.4 cm³/mol. The van der Waals surface area contributed by atoms with Crippen LogP contribution in [0.5, 0.6) is 0 Å². The van der Waals surface area contributed by atoms with E-state index in [9.17, 15) is 0 Å². The Morgan fingerprint density at radius 2 is 2.30 bits per heavy atom. The van der Waals surface area contributed by atoms with Crippen LogP contribution < -0.4 is 5.32 Å². The minimum Gasteiger partial charge on any atom is -0.316 e. The first-order chi connectivity index (χ1) is 9.70. The molecule has 2 unspecified atom stereocenters. The van der Waals surface area contributed by atoms with Crippen LogP contribution >= 0.6 is 11.3 Å². The number of thiophene rings is 1. The standard InChI is InChI=1S/C17H30N2S/c1-4-6-16(17-7-5-10-20-17)19-9-8-15(13-19)12-18-11-14(2)3/h5,7,10,14-16,18H,4,6,8-9,11-13H2,1-3H3. The molecule has 0 amide bonds. The summed E-state index contributed by atoms with van der Waals surface area (Å²) in [4.78, 5) is 4.28. The van der Waals surface area contributed by atoms with Crippen LogP contribution in [-0.2, 0) is 0 Å². The molecule has 3 heteroatoms. The van der Waals surface area contributed by atoms with Gasteiger partial charge in [-0.05, 0) is 55.8 Å². The maximum Gasteiger partial charge on any atom is 0.0441 e. The summed E-state index contributed by atoms with van der Waals surface area (Å²) in [6.07, 6.45) is 3.93. The lowest BCUT2D eigenvalue weighted by Gasteiger charge is -2.27. The van der Waals surface area contributed by atoms with E-state index in [1.165, 1.54) is 38.9 Å². The molecule has 2 atom stereocenters. The lowest BCUT2D eigenvalue weighted by molar-refractivity contribution is 0.226. The minimum atomic E-state index is 0.662. The lowest BCUT2D eigenvalue weighted by atomic mass is 10.1. The lowest BCUT2D eigenvalue weighted by Crippen LogP contribution is -2.30. The Hall–Kier alpha value is -0.380. The highest BCUT2D eigenvalue weighted by Gasteiger charge is 2.28. The van der Waals surface area contributed by atoms with E-state index >= 15 is 0 Å². The summed E-state index contributed by atoms with van der Waals surface area (Å²) in [5.74, 6) is 1.60. The van der Waals surface area contributed by atoms with Crippen LogP contribution in [0, 0.1) is 11.8 Å². The summed E-state index contributed by atoms with van der Waals surface area (Å²) < 4.78 is 0. The highest BCUT2D eigenvalue weighted by molar-refractivity contribution is 7.10. The van der Waals surface area contributed by atoms with Crippen molar-refractivity contribution < 1.29 is 0 Å². The second-order valence-electron chi connectivity index (χ2n) is 6.52. The molecule has 1 aromatic heterocycles. The third-order valence-electron chi connectivity index (χ3n) is 4.18. The van der Waals surface area contributed by atoms with E-state index in [2.05, 4.69) is 48.5 Å². The number of hydrogen-bond acceptors (Lipinski definition) is 3. The predicted octanol–water partition coefficient (Wildman–Crippen LogP) is 4.16. The van der Waals surface area contributed by atoms with Gasteiger partial charge in [-0.25, -0.2) is 0 Å². The molecule has 1 aliphatic heterocycles. The molecule has 1 saturated heterocycles. The fourth-order valence-corrected chi connectivity index (χ4v) is 4.04. The molecule has 0 radical (unpaired) electrons. The maximum absolute atomic E-state index is 3.63. The average Bonchev–Trinajstić information content (AvgIpc) is 3.07. The van der Waals surface area contributed by atoms with E-state index in [1.807, 2.05) is 11.3 Å². The molecule has 0 aromatic carbocycles. The van der Waals surface area contributed by atoms with Gasteiger partial charge in [-0.2, -0.15) is 0 Å². The van der Waals surface area contributed by atoms with Crippen molar-refractivity contribution in [3.63, 3.8) is 0 Å². The first-order valence-corrected chi connectivity index (χ1v) is 9.06. The van der Waals surface area contributed by atoms with Crippen molar-refractivity contribution in [1.29, 1.82) is 0 Å². The fraction of sp³-hybridized carbons (Fsp3) is 0.765. The van der Waals surface area contributed by atoms with E-state index in [4.69, 9.17) is 0 Å². The summed E-state index contributed by atoms with van der Waals surface area (Å²) >= 11 is 1.92. The summed E-state index contributed by atoms with van der Waals surface area (Å²) in [6, 6.07) is 5.17. The Balaban J connectivity index is 1.83. The molecule has 1 aromatic rings. The van der Waals surface area contributed by atoms with Crippen LogP contribution in [0.1, 0.15) is 51.0 Å². The topological polar surface area (TPSA) is 15.3 Å². The van der Waals surface area contributed by atoms with Gasteiger partial charge in [0.05, 0.1) is 0 Å². The molecule has 114 valence electrons. The van der Waals surface area contributed by atoms with Gasteiger partial charge in [0.25, 0.3) is 0 Å². The van der Waals surface area contributed by atoms with Gasteiger partial charge < -0.3 is 5.32 Å². The normalized spacial score (nSPS) is 21.7. The Bertz CT molecular complexity index is 361. The Kier molecular flexibility index (Phi) is 6.53. The molecule has 2 rings (SSSR count). The van der Waals surface area contributed by atoms with Crippen molar-refractivity contribution in [2.45, 2.75) is 46.1 Å². The summed E-state index contributed by atoms with van der Waals surface area (Å²) in [6.45, 7) is 11.8. The number of rotatable bonds is 8. The highest BCUT2D eigenvalue weighted by Crippen LogP contribution is 2.33. The zero-order valence-electron chi connectivity index (χ0n) is 13.3. The van der Waals surface area contributed by atoms with E-state index in [1.54, 1.807) is 4.88 Å². The van der Waals surface area contributed by atoms with Crippen LogP contribution in [0.2, 0.25) is 0 Å². The zero-order valence-corrected chi connectivity index (χ0v) is 14.1. The summed E-state index contributed by atoms with van der Waals surface area (Å²) in [5.41, 5.74) is 0. The highest BCUT2D eigenvalue weighted by atomic mass is 32.1. The molecule has 1 fully saturated rings. The first kappa shape index (κ1) is 16.0. The maximum atomic E-state index is 3.63. The molecule has 2 nitrogen and oxygen atoms in total. The molecule has 1 N–H and O–H groups in total. The van der Waals surface area contributed by atoms with Gasteiger partial charge in [-0.3, -0.25) is 4.90 Å². The number of hydrogen-bond donors (Lipinski definition) is 1. The molecule has 2 heterocycles. The fourth-order valence-electron chi connectivity index (χ4n) is 3.15. The van der Waals surface area contributed by atoms with Gasteiger partial charge in [0.1, 0.15) is 0 Å². The molecule has 1 aliphatic rings. The third kappa shape index (κ3) is 4.57. The SMILES string of the molecule is CCCC(c1cccs1)N1CCC(CNCC(C)C)C1. The monoisotopic (exact) mass is 294 g/mol. The van der Waals surface area contributed by atoms with Gasteiger partial charge in [0.2, 0.25) is 0 Å². The molecule has 20 heavy (non-hydrogen) atoms. The van der Waals surface area contributed by atoms with Crippen molar-refractivity contribution >= 4 is 11.3 Å². The minimum absolute atomic E-state index is 0.662. The molecule has 0 bridgehead atoms. The third-order valence-corrected chi connectivity index (χ3v) is 5.15. The van der Waals surface area contributed by atoms with E-state index in [0.717, 1.165) is 18.4 Å². The number of nitrogens with one attached hydrogen (secondary N) is 1. The van der Waals surface area contributed by atoms with Crippen molar-refractivity contribution in [2.75, 3.05) is 26.2 Å². The van der Waals surface area contributed by atoms with Gasteiger partial charge in [0, 0.05) is 17.5 Å². The number of likely N-dealkylation sites (tertiary alicyclic amines) is 1. The van der Waals surface area contributed by atoms with Crippen molar-refractivity contribution in [3.8, 4) is 0 Å². The largest absolute Gasteiger partial charge is 0.316 e. The molecule has 0 aliphatic carbocycles. The van der Waals surface area contributed by atoms with Crippen LogP contribution in [0.4, 0.5) is 0 Å². The molecular formula is C17H30N2S. The quantitative estimate of drug-likeness (QED) is 0.774. The van der Waals surface area contributed by atoms with Gasteiger partial charge in [-0.15, -0.1) is 11.3 Å². The van der Waals surface area contributed by atoms with Crippen LogP contribution in [-0.4, -0.2) is 31.1 Å². The number of nitrogens with zero attached hydrogens (tertiary/aromatic N) is 1. The van der Waals surface area contributed by atoms with E-state index in [0.29, 0.717) is 6.04 Å². The summed E-state index contributed by atoms with van der Waals surface area (Å²) in [7, 11) is 0. The molecular weight excluding hydrogens is 264 g/mol. The van der Waals surface area contributed by atoms with Crippen molar-refractivity contribution in [2.24, 2.45) is 11.8 Å². The average molecular weight is 295 g/mol. The van der Waals surface area contributed by atoms with Crippen LogP contribution in [0.3, 0.4) is 0 Å². The zero-order chi connectivity index (χ0) is 14.4. The van der Waals surface area contributed by atoms with Crippen molar-refractivity contribution in [3.05, 3.63) is 22.4 Å². The van der Waals surface area contributed by atoms with E-state index < -0.39 is 0 Å². The second kappa shape index (κ2) is 8.16. The molecule has 0 spiro atoms. The van der Waals surface area contributed by atoms with Crippen LogP contribution in [0.25, 0.3) is 0 Å². The summed E-state index contributed by atoms with van der Waals surface area (Å²) in [5, 5.41) is 5.85. The Morgan fingerprint density at radius 3 is 2.95 bits per heavy atom. The van der Waals surface area contributed by atoms with Gasteiger partial charge in [-0.1, -0.05) is 33.3 Å². The van der Waals surface area contributed by atoms with Crippen LogP contribution in [0.15, 0.2) is 17.5 Å². The van der Waals surface area contributed by atoms with E-state index in [-0.39, 0.29) is 0 Å². The molecule has 0 saturated carbocycles. The smallest absolute Gasteiger partial charge is 0.0441 e. The van der Waals surface area contributed by atoms with Gasteiger partial charge in [0.15, 0.2) is 0 Å². The first-order valence-electron chi connectivity index (χ1n) is 8.18. The van der Waals surface area contributed by atoms with Crippen molar-refractivity contribution in [1.82, 2.24) is 10.2 Å². The second-order valence-corrected chi connectivity index (χ2v) is 7.50. The Labute approximate surface area is 128 Å². The van der Waals surface area contributed by atoms with Gasteiger partial charge >= 0.3 is 0 Å². The Morgan fingerprint density at radius 1 is 1.45 bits per heavy atom.